The number of H-pyrrole nitrogens is 1. The van der Waals surface area contributed by atoms with Crippen molar-refractivity contribution in [2.75, 3.05) is 30.0 Å². The van der Waals surface area contributed by atoms with Gasteiger partial charge in [-0.1, -0.05) is 70.5 Å². The highest BCUT2D eigenvalue weighted by atomic mass is 35.5. The molecule has 1 saturated heterocycles. The first-order valence-electron chi connectivity index (χ1n) is 15.4. The molecular weight excluding hydrogens is 569 g/mol. The van der Waals surface area contributed by atoms with Crippen molar-refractivity contribution in [2.24, 2.45) is 11.8 Å². The molecule has 4 rings (SSSR count). The van der Waals surface area contributed by atoms with Crippen LogP contribution in [0.25, 0.3) is 0 Å². The molecule has 2 aromatic heterocycles. The minimum atomic E-state index is -0.316. The maximum atomic E-state index is 14.9. The smallest absolute Gasteiger partial charge is 0.229 e. The number of hydrogen-bond donors (Lipinski definition) is 3. The third-order valence-corrected chi connectivity index (χ3v) is 9.38. The van der Waals surface area contributed by atoms with E-state index in [1.807, 2.05) is 37.9 Å². The van der Waals surface area contributed by atoms with Crippen molar-refractivity contribution in [1.29, 1.82) is 0 Å². The van der Waals surface area contributed by atoms with Crippen molar-refractivity contribution in [1.82, 2.24) is 24.5 Å². The Kier molecular flexibility index (Phi) is 13.9. The van der Waals surface area contributed by atoms with Crippen molar-refractivity contribution in [3.05, 3.63) is 52.1 Å². The van der Waals surface area contributed by atoms with E-state index in [0.717, 1.165) is 54.3 Å². The highest BCUT2D eigenvalue weighted by molar-refractivity contribution is 7.96. The molecule has 0 radical (unpaired) electrons. The van der Waals surface area contributed by atoms with E-state index in [9.17, 15) is 4.39 Å². The van der Waals surface area contributed by atoms with E-state index in [-0.39, 0.29) is 11.8 Å². The van der Waals surface area contributed by atoms with Gasteiger partial charge in [-0.05, 0) is 86.8 Å². The molecule has 0 bridgehead atoms. The number of piperidine rings is 1. The van der Waals surface area contributed by atoms with Gasteiger partial charge < -0.3 is 10.6 Å². The zero-order valence-corrected chi connectivity index (χ0v) is 27.9. The van der Waals surface area contributed by atoms with Gasteiger partial charge in [-0.15, -0.1) is 0 Å². The van der Waals surface area contributed by atoms with Crippen LogP contribution < -0.4 is 10.6 Å². The SMILES string of the molecule is CCC(C)C1CCN(SC)CC1.CCCC(CCC)c1cc(F)c(Nc2ncc(Cl)c(Nc3cc(C)[nH]n3)n2)cc1C. The lowest BCUT2D eigenvalue weighted by molar-refractivity contribution is 0.223. The van der Waals surface area contributed by atoms with Gasteiger partial charge in [0, 0.05) is 24.8 Å². The van der Waals surface area contributed by atoms with E-state index < -0.39 is 0 Å². The van der Waals surface area contributed by atoms with E-state index >= 15 is 0 Å². The number of aromatic amines is 1. The van der Waals surface area contributed by atoms with Crippen LogP contribution in [0.2, 0.25) is 5.02 Å². The van der Waals surface area contributed by atoms with Crippen LogP contribution in [0.4, 0.5) is 27.7 Å². The number of nitrogens with zero attached hydrogens (tertiary/aromatic N) is 4. The number of halogens is 2. The molecule has 1 aliphatic rings. The molecule has 1 fully saturated rings. The van der Waals surface area contributed by atoms with Crippen molar-refractivity contribution < 1.29 is 4.39 Å². The highest BCUT2D eigenvalue weighted by Crippen LogP contribution is 2.33. The lowest BCUT2D eigenvalue weighted by atomic mass is 9.85. The Morgan fingerprint density at radius 2 is 1.79 bits per heavy atom. The Labute approximate surface area is 261 Å². The minimum absolute atomic E-state index is 0.249. The van der Waals surface area contributed by atoms with Gasteiger partial charge in [-0.2, -0.15) is 10.1 Å². The lowest BCUT2D eigenvalue weighted by Gasteiger charge is -2.33. The molecule has 3 heterocycles. The maximum absolute atomic E-state index is 14.9. The first kappa shape index (κ1) is 34.1. The Morgan fingerprint density at radius 3 is 2.36 bits per heavy atom. The lowest BCUT2D eigenvalue weighted by Crippen LogP contribution is -2.30. The van der Waals surface area contributed by atoms with E-state index in [0.29, 0.717) is 28.3 Å². The standard InChI is InChI=1S/C22H28ClFN6.C10H21NS/c1-5-7-15(8-6-2)16-11-18(24)19(9-13(16)3)26-22-25-12-17(23)21(28-22)27-20-10-14(4)29-30-20;1-4-9(2)10-5-7-11(12-3)8-6-10/h9-12,15H,5-8H2,1-4H3,(H3,25,26,27,28,29,30);9-10H,4-8H2,1-3H3. The van der Waals surface area contributed by atoms with Crippen LogP contribution in [0.1, 0.15) is 95.4 Å². The third-order valence-electron chi connectivity index (χ3n) is 8.22. The maximum Gasteiger partial charge on any atom is 0.229 e. The van der Waals surface area contributed by atoms with Crippen molar-refractivity contribution in [3.63, 3.8) is 0 Å². The normalized spacial score (nSPS) is 14.9. The van der Waals surface area contributed by atoms with Gasteiger partial charge in [0.15, 0.2) is 11.6 Å². The summed E-state index contributed by atoms with van der Waals surface area (Å²) in [7, 11) is 0. The van der Waals surface area contributed by atoms with Gasteiger partial charge in [-0.3, -0.25) is 9.40 Å². The summed E-state index contributed by atoms with van der Waals surface area (Å²) in [5.41, 5.74) is 3.38. The molecule has 10 heteroatoms. The van der Waals surface area contributed by atoms with Gasteiger partial charge in [0.05, 0.1) is 11.9 Å². The summed E-state index contributed by atoms with van der Waals surface area (Å²) in [6.07, 6.45) is 12.1. The molecule has 1 unspecified atom stereocenters. The molecule has 232 valence electrons. The molecule has 0 saturated carbocycles. The van der Waals surface area contributed by atoms with Crippen molar-refractivity contribution >= 4 is 46.8 Å². The number of aryl methyl sites for hydroxylation is 2. The highest BCUT2D eigenvalue weighted by Gasteiger charge is 2.22. The van der Waals surface area contributed by atoms with Crippen LogP contribution >= 0.6 is 23.5 Å². The average Bonchev–Trinajstić information content (AvgIpc) is 3.40. The Balaban J connectivity index is 0.000000337. The van der Waals surface area contributed by atoms with E-state index in [4.69, 9.17) is 11.6 Å². The average molecular weight is 618 g/mol. The van der Waals surface area contributed by atoms with Crippen LogP contribution in [-0.4, -0.2) is 43.8 Å². The summed E-state index contributed by atoms with van der Waals surface area (Å²) in [6, 6.07) is 5.30. The van der Waals surface area contributed by atoms with Crippen molar-refractivity contribution in [2.45, 2.75) is 92.4 Å². The second-order valence-electron chi connectivity index (χ2n) is 11.4. The largest absolute Gasteiger partial charge is 0.322 e. The monoisotopic (exact) mass is 617 g/mol. The number of anilines is 4. The zero-order valence-electron chi connectivity index (χ0n) is 26.4. The summed E-state index contributed by atoms with van der Waals surface area (Å²) in [5.74, 6) is 3.22. The molecule has 1 atom stereocenters. The number of hydrogen-bond acceptors (Lipinski definition) is 7. The summed E-state index contributed by atoms with van der Waals surface area (Å²) in [6.45, 7) is 15.6. The summed E-state index contributed by atoms with van der Waals surface area (Å²) < 4.78 is 17.4. The number of aromatic nitrogens is 4. The van der Waals surface area contributed by atoms with Crippen LogP contribution in [0.3, 0.4) is 0 Å². The molecular formula is C32H49ClFN7S. The third kappa shape index (κ3) is 9.85. The van der Waals surface area contributed by atoms with E-state index in [2.05, 4.69) is 69.1 Å². The first-order chi connectivity index (χ1) is 20.2. The topological polar surface area (TPSA) is 81.8 Å². The second kappa shape index (κ2) is 17.1. The summed E-state index contributed by atoms with van der Waals surface area (Å²) >= 11 is 8.10. The van der Waals surface area contributed by atoms with Crippen LogP contribution in [0, 0.1) is 31.5 Å². The van der Waals surface area contributed by atoms with Crippen molar-refractivity contribution in [3.8, 4) is 0 Å². The molecule has 42 heavy (non-hydrogen) atoms. The van der Waals surface area contributed by atoms with Gasteiger partial charge >= 0.3 is 0 Å². The molecule has 7 nitrogen and oxygen atoms in total. The zero-order chi connectivity index (χ0) is 30.6. The Morgan fingerprint density at radius 1 is 1.10 bits per heavy atom. The molecule has 1 aromatic carbocycles. The van der Waals surface area contributed by atoms with E-state index in [1.54, 1.807) is 6.07 Å². The minimum Gasteiger partial charge on any atom is -0.322 e. The summed E-state index contributed by atoms with van der Waals surface area (Å²) in [5, 5.41) is 13.3. The fourth-order valence-corrected chi connectivity index (χ4v) is 6.30. The Bertz CT molecular complexity index is 1240. The first-order valence-corrected chi connectivity index (χ1v) is 16.9. The van der Waals surface area contributed by atoms with Gasteiger partial charge in [0.2, 0.25) is 5.95 Å². The van der Waals surface area contributed by atoms with Crippen LogP contribution in [0.5, 0.6) is 0 Å². The van der Waals surface area contributed by atoms with Crippen LogP contribution in [0.15, 0.2) is 24.4 Å². The summed E-state index contributed by atoms with van der Waals surface area (Å²) in [4.78, 5) is 8.55. The predicted octanol–water partition coefficient (Wildman–Crippen LogP) is 9.80. The molecule has 0 aliphatic carbocycles. The number of benzene rings is 1. The number of rotatable bonds is 12. The molecule has 0 amide bonds. The van der Waals surface area contributed by atoms with Crippen LogP contribution in [-0.2, 0) is 0 Å². The number of nitrogens with one attached hydrogen (secondary N) is 3. The molecule has 3 aromatic rings. The fraction of sp³-hybridized carbons (Fsp3) is 0.594. The molecule has 3 N–H and O–H groups in total. The van der Waals surface area contributed by atoms with E-state index in [1.165, 1.54) is 38.5 Å². The Hall–Kier alpha value is -2.36. The fourth-order valence-electron chi connectivity index (χ4n) is 5.58. The predicted molar refractivity (Wildman–Crippen MR) is 178 cm³/mol. The molecule has 1 aliphatic heterocycles. The van der Waals surface area contributed by atoms with Gasteiger partial charge in [0.1, 0.15) is 10.8 Å². The molecule has 0 spiro atoms. The quantitative estimate of drug-likeness (QED) is 0.174. The second-order valence-corrected chi connectivity index (χ2v) is 12.7. The van der Waals surface area contributed by atoms with Gasteiger partial charge in [0.25, 0.3) is 0 Å². The van der Waals surface area contributed by atoms with Gasteiger partial charge in [-0.25, -0.2) is 9.37 Å².